The van der Waals surface area contributed by atoms with Crippen LogP contribution in [0.3, 0.4) is 0 Å². The zero-order valence-electron chi connectivity index (χ0n) is 16.8. The molecule has 2 aliphatic rings. The number of aliphatic hydroxyl groups is 6. The molecule has 6 N–H and O–H groups in total. The lowest BCUT2D eigenvalue weighted by Crippen LogP contribution is -2.53. The summed E-state index contributed by atoms with van der Waals surface area (Å²) in [6, 6.07) is 4.33. The third-order valence-electron chi connectivity index (χ3n) is 5.82. The molecule has 2 unspecified atom stereocenters. The summed E-state index contributed by atoms with van der Waals surface area (Å²) in [6.07, 6.45) is -12.4. The van der Waals surface area contributed by atoms with Crippen molar-refractivity contribution in [1.82, 2.24) is 0 Å². The highest BCUT2D eigenvalue weighted by Crippen LogP contribution is 2.38. The number of rotatable bonds is 3. The molecule has 0 radical (unpaired) electrons. The molecule has 0 aromatic heterocycles. The van der Waals surface area contributed by atoms with Crippen molar-refractivity contribution in [2.24, 2.45) is 0 Å². The fourth-order valence-electron chi connectivity index (χ4n) is 3.92. The first kappa shape index (κ1) is 23.0. The number of benzene rings is 1. The molecular formula is C20H28O10. The van der Waals surface area contributed by atoms with Gasteiger partial charge in [0.2, 0.25) is 0 Å². The quantitative estimate of drug-likeness (QED) is 0.314. The van der Waals surface area contributed by atoms with Gasteiger partial charge < -0.3 is 44.8 Å². The van der Waals surface area contributed by atoms with Crippen LogP contribution in [-0.4, -0.2) is 92.5 Å². The number of hydrogen-bond acceptors (Lipinski definition) is 10. The van der Waals surface area contributed by atoms with Crippen LogP contribution < -0.4 is 0 Å². The molecule has 3 rings (SSSR count). The predicted octanol–water partition coefficient (Wildman–Crippen LogP) is -1.44. The monoisotopic (exact) mass is 428 g/mol. The van der Waals surface area contributed by atoms with Gasteiger partial charge in [-0.05, 0) is 37.1 Å². The van der Waals surface area contributed by atoms with Crippen molar-refractivity contribution < 1.29 is 49.6 Å². The molecule has 1 aromatic carbocycles. The molecule has 30 heavy (non-hydrogen) atoms. The zero-order chi connectivity index (χ0) is 22.3. The van der Waals surface area contributed by atoms with E-state index in [1.165, 1.54) is 32.2 Å². The van der Waals surface area contributed by atoms with Crippen molar-refractivity contribution in [2.75, 3.05) is 7.11 Å². The van der Waals surface area contributed by atoms with Gasteiger partial charge in [0.25, 0.3) is 0 Å². The first-order valence-electron chi connectivity index (χ1n) is 9.70. The van der Waals surface area contributed by atoms with Crippen LogP contribution in [0.25, 0.3) is 0 Å². The number of carbonyl (C=O) groups excluding carboxylic acids is 1. The Morgan fingerprint density at radius 3 is 1.83 bits per heavy atom. The largest absolute Gasteiger partial charge is 0.465 e. The number of hydrogen-bond donors (Lipinski definition) is 6. The topological polar surface area (TPSA) is 166 Å². The lowest BCUT2D eigenvalue weighted by Gasteiger charge is -2.41. The zero-order valence-corrected chi connectivity index (χ0v) is 16.8. The van der Waals surface area contributed by atoms with Gasteiger partial charge in [-0.25, -0.2) is 4.79 Å². The van der Waals surface area contributed by atoms with Crippen LogP contribution in [0, 0.1) is 0 Å². The van der Waals surface area contributed by atoms with E-state index in [0.717, 1.165) is 0 Å². The maximum Gasteiger partial charge on any atom is 0.338 e. The van der Waals surface area contributed by atoms with Gasteiger partial charge in [0.05, 0.1) is 24.9 Å². The number of esters is 1. The molecule has 10 nitrogen and oxygen atoms in total. The summed E-state index contributed by atoms with van der Waals surface area (Å²) in [4.78, 5) is 12.3. The first-order valence-corrected chi connectivity index (χ1v) is 9.70. The van der Waals surface area contributed by atoms with Crippen LogP contribution in [0.2, 0.25) is 0 Å². The van der Waals surface area contributed by atoms with E-state index in [2.05, 4.69) is 0 Å². The molecule has 1 aromatic rings. The maximum absolute atomic E-state index is 12.3. The molecule has 10 heteroatoms. The number of methoxy groups -OCH3 is 1. The average molecular weight is 428 g/mol. The summed E-state index contributed by atoms with van der Waals surface area (Å²) in [7, 11) is 1.19. The van der Waals surface area contributed by atoms with Crippen molar-refractivity contribution in [3.05, 3.63) is 34.9 Å². The van der Waals surface area contributed by atoms with Crippen LogP contribution in [0.1, 0.15) is 47.5 Å². The van der Waals surface area contributed by atoms with Crippen molar-refractivity contribution >= 4 is 5.97 Å². The fourth-order valence-corrected chi connectivity index (χ4v) is 3.92. The van der Waals surface area contributed by atoms with E-state index in [9.17, 15) is 35.4 Å². The van der Waals surface area contributed by atoms with Crippen molar-refractivity contribution in [3.8, 4) is 0 Å². The Morgan fingerprint density at radius 1 is 0.800 bits per heavy atom. The number of carbonyl (C=O) groups is 1. The second kappa shape index (κ2) is 8.85. The SMILES string of the molecule is COC(=O)c1ccc(C2O[C@H](C)[C@H](O)[C@H](O)[C@H]2O)cc1C1O[C@H](C)[C@H](O)[C@H](O)[C@H]1O. The standard InChI is InChI=1S/C20H28O10/c1-7-12(21)14(23)16(25)18(29-7)9-4-5-10(20(27)28-3)11(6-9)19-17(26)15(24)13(22)8(2)30-19/h4-8,12-19,21-26H,1-3H3/t7-,8-,12+,13+,14+,15+,16-,17-,18?,19?/m1/s1. The minimum Gasteiger partial charge on any atom is -0.465 e. The lowest BCUT2D eigenvalue weighted by molar-refractivity contribution is -0.221. The smallest absolute Gasteiger partial charge is 0.338 e. The Bertz CT molecular complexity index is 770. The van der Waals surface area contributed by atoms with Crippen LogP contribution in [-0.2, 0) is 14.2 Å². The summed E-state index contributed by atoms with van der Waals surface area (Å²) in [5.41, 5.74) is 0.570. The van der Waals surface area contributed by atoms with Crippen molar-refractivity contribution in [3.63, 3.8) is 0 Å². The van der Waals surface area contributed by atoms with Crippen LogP contribution >= 0.6 is 0 Å². The highest BCUT2D eigenvalue weighted by molar-refractivity contribution is 5.91. The van der Waals surface area contributed by atoms with E-state index in [-0.39, 0.29) is 11.1 Å². The van der Waals surface area contributed by atoms with Crippen LogP contribution in [0.15, 0.2) is 18.2 Å². The van der Waals surface area contributed by atoms with Crippen LogP contribution in [0.5, 0.6) is 0 Å². The molecule has 168 valence electrons. The van der Waals surface area contributed by atoms with Crippen molar-refractivity contribution in [2.45, 2.75) is 74.9 Å². The average Bonchev–Trinajstić information content (AvgIpc) is 2.74. The normalized spacial score (nSPS) is 42.0. The molecule has 2 heterocycles. The second-order valence-electron chi connectivity index (χ2n) is 7.81. The summed E-state index contributed by atoms with van der Waals surface area (Å²) in [5.74, 6) is -0.713. The Hall–Kier alpha value is -1.63. The Labute approximate surface area is 173 Å². The molecule has 2 saturated heterocycles. The first-order chi connectivity index (χ1) is 14.1. The lowest BCUT2D eigenvalue weighted by atomic mass is 9.86. The minimum atomic E-state index is -1.54. The van der Waals surface area contributed by atoms with Gasteiger partial charge in [-0.3, -0.25) is 0 Å². The van der Waals surface area contributed by atoms with E-state index in [1.807, 2.05) is 0 Å². The molecule has 0 aliphatic carbocycles. The summed E-state index contributed by atoms with van der Waals surface area (Å²) < 4.78 is 16.1. The third kappa shape index (κ3) is 3.97. The van der Waals surface area contributed by atoms with Gasteiger partial charge in [0.15, 0.2) is 0 Å². The van der Waals surface area contributed by atoms with E-state index in [4.69, 9.17) is 14.2 Å². The molecular weight excluding hydrogens is 400 g/mol. The molecule has 2 fully saturated rings. The molecule has 0 bridgehead atoms. The van der Waals surface area contributed by atoms with Gasteiger partial charge in [-0.1, -0.05) is 6.07 Å². The summed E-state index contributed by atoms with van der Waals surface area (Å²) in [6.45, 7) is 3.06. The van der Waals surface area contributed by atoms with E-state index in [1.54, 1.807) is 6.92 Å². The third-order valence-corrected chi connectivity index (χ3v) is 5.82. The molecule has 2 aliphatic heterocycles. The summed E-state index contributed by atoms with van der Waals surface area (Å²) >= 11 is 0. The molecule has 10 atom stereocenters. The van der Waals surface area contributed by atoms with Gasteiger partial charge >= 0.3 is 5.97 Å². The number of ether oxygens (including phenoxy) is 3. The highest BCUT2D eigenvalue weighted by atomic mass is 16.5. The predicted molar refractivity (Wildman–Crippen MR) is 100 cm³/mol. The molecule has 0 saturated carbocycles. The van der Waals surface area contributed by atoms with E-state index in [0.29, 0.717) is 5.56 Å². The molecule has 0 amide bonds. The number of aliphatic hydroxyl groups excluding tert-OH is 6. The van der Waals surface area contributed by atoms with Gasteiger partial charge in [0, 0.05) is 0 Å². The fraction of sp³-hybridized carbons (Fsp3) is 0.650. The van der Waals surface area contributed by atoms with Gasteiger partial charge in [-0.15, -0.1) is 0 Å². The Kier molecular flexibility index (Phi) is 6.80. The minimum absolute atomic E-state index is 0.0556. The van der Waals surface area contributed by atoms with Crippen LogP contribution in [0.4, 0.5) is 0 Å². The van der Waals surface area contributed by atoms with Gasteiger partial charge in [-0.2, -0.15) is 0 Å². The van der Waals surface area contributed by atoms with Crippen molar-refractivity contribution in [1.29, 1.82) is 0 Å². The summed E-state index contributed by atoms with van der Waals surface area (Å²) in [5, 5.41) is 61.0. The second-order valence-corrected chi connectivity index (χ2v) is 7.81. The van der Waals surface area contributed by atoms with E-state index >= 15 is 0 Å². The Balaban J connectivity index is 2.04. The highest BCUT2D eigenvalue weighted by Gasteiger charge is 2.45. The van der Waals surface area contributed by atoms with Gasteiger partial charge in [0.1, 0.15) is 48.8 Å². The Morgan fingerprint density at radius 2 is 1.30 bits per heavy atom. The van der Waals surface area contributed by atoms with E-state index < -0.39 is 67.0 Å². The maximum atomic E-state index is 12.3. The molecule has 0 spiro atoms.